The van der Waals surface area contributed by atoms with Crippen molar-refractivity contribution < 1.29 is 0 Å². The predicted octanol–water partition coefficient (Wildman–Crippen LogP) is 2.72. The number of benzene rings is 1. The van der Waals surface area contributed by atoms with E-state index in [9.17, 15) is 0 Å². The molecular formula is C14H22Cl2N2. The molecule has 0 saturated heterocycles. The number of nitrogens with zero attached hydrogens (tertiary/aromatic N) is 1. The number of aryl methyl sites for hydroxylation is 1. The van der Waals surface area contributed by atoms with E-state index in [1.165, 1.54) is 32.4 Å². The molecule has 1 aromatic rings. The quantitative estimate of drug-likeness (QED) is 0.927. The van der Waals surface area contributed by atoms with Gasteiger partial charge in [0.25, 0.3) is 0 Å². The van der Waals surface area contributed by atoms with Crippen molar-refractivity contribution in [3.05, 3.63) is 34.9 Å². The van der Waals surface area contributed by atoms with Crippen molar-refractivity contribution in [1.29, 1.82) is 0 Å². The zero-order valence-electron chi connectivity index (χ0n) is 10.6. The lowest BCUT2D eigenvalue weighted by Crippen LogP contribution is -2.35. The number of halogens is 2. The summed E-state index contributed by atoms with van der Waals surface area (Å²) in [6.07, 6.45) is 4.95. The van der Waals surface area contributed by atoms with Gasteiger partial charge in [-0.15, -0.1) is 24.8 Å². The van der Waals surface area contributed by atoms with E-state index in [1.807, 2.05) is 0 Å². The molecule has 0 fully saturated rings. The highest BCUT2D eigenvalue weighted by atomic mass is 35.5. The standard InChI is InChI=1S/C14H20N2.2ClH/c15-8-2-9-16-10-7-12-4-1-3-11-5-6-13(16)14(11)12;;/h1,3-4,13H,2,5-10,15H2;2*1H. The van der Waals surface area contributed by atoms with Gasteiger partial charge in [-0.25, -0.2) is 0 Å². The van der Waals surface area contributed by atoms with Crippen LogP contribution in [0.5, 0.6) is 0 Å². The molecule has 102 valence electrons. The van der Waals surface area contributed by atoms with Crippen LogP contribution in [0.3, 0.4) is 0 Å². The summed E-state index contributed by atoms with van der Waals surface area (Å²) in [5.74, 6) is 0. The Morgan fingerprint density at radius 3 is 2.61 bits per heavy atom. The second-order valence-electron chi connectivity index (χ2n) is 4.97. The van der Waals surface area contributed by atoms with Crippen LogP contribution in [-0.2, 0) is 12.8 Å². The maximum atomic E-state index is 5.61. The first kappa shape index (κ1) is 15.8. The third-order valence-corrected chi connectivity index (χ3v) is 4.07. The summed E-state index contributed by atoms with van der Waals surface area (Å²) in [5.41, 5.74) is 10.5. The number of hydrogen-bond acceptors (Lipinski definition) is 2. The van der Waals surface area contributed by atoms with E-state index in [-0.39, 0.29) is 24.8 Å². The van der Waals surface area contributed by atoms with Crippen LogP contribution in [0.1, 0.15) is 35.6 Å². The maximum Gasteiger partial charge on any atom is 0.0356 e. The van der Waals surface area contributed by atoms with Gasteiger partial charge in [-0.1, -0.05) is 18.2 Å². The van der Waals surface area contributed by atoms with Crippen LogP contribution >= 0.6 is 24.8 Å². The molecule has 0 bridgehead atoms. The maximum absolute atomic E-state index is 5.61. The molecule has 0 spiro atoms. The zero-order valence-corrected chi connectivity index (χ0v) is 12.2. The fourth-order valence-corrected chi connectivity index (χ4v) is 3.31. The van der Waals surface area contributed by atoms with Crippen LogP contribution in [0.15, 0.2) is 18.2 Å². The highest BCUT2D eigenvalue weighted by Gasteiger charge is 2.32. The van der Waals surface area contributed by atoms with Gasteiger partial charge < -0.3 is 5.73 Å². The Hall–Kier alpha value is -0.280. The third-order valence-electron chi connectivity index (χ3n) is 4.07. The van der Waals surface area contributed by atoms with E-state index in [0.29, 0.717) is 6.04 Å². The Kier molecular flexibility index (Phi) is 5.93. The molecule has 0 amide bonds. The summed E-state index contributed by atoms with van der Waals surface area (Å²) in [6, 6.07) is 7.56. The zero-order chi connectivity index (χ0) is 11.0. The first-order valence-corrected chi connectivity index (χ1v) is 6.45. The molecule has 1 heterocycles. The Balaban J connectivity index is 0.000000810. The monoisotopic (exact) mass is 288 g/mol. The lowest BCUT2D eigenvalue weighted by atomic mass is 9.93. The lowest BCUT2D eigenvalue weighted by Gasteiger charge is -2.35. The van der Waals surface area contributed by atoms with E-state index in [1.54, 1.807) is 16.7 Å². The highest BCUT2D eigenvalue weighted by molar-refractivity contribution is 5.85. The molecule has 4 heteroatoms. The van der Waals surface area contributed by atoms with Crippen LogP contribution in [0.4, 0.5) is 0 Å². The van der Waals surface area contributed by atoms with Crippen LogP contribution in [0, 0.1) is 0 Å². The minimum absolute atomic E-state index is 0. The van der Waals surface area contributed by atoms with E-state index >= 15 is 0 Å². The minimum Gasteiger partial charge on any atom is -0.330 e. The Bertz CT molecular complexity index is 395. The Labute approximate surface area is 122 Å². The molecule has 2 nitrogen and oxygen atoms in total. The summed E-state index contributed by atoms with van der Waals surface area (Å²) in [6.45, 7) is 3.22. The van der Waals surface area contributed by atoms with Crippen LogP contribution < -0.4 is 5.73 Å². The predicted molar refractivity (Wildman–Crippen MR) is 80.9 cm³/mol. The Morgan fingerprint density at radius 2 is 1.89 bits per heavy atom. The molecule has 1 aliphatic heterocycles. The molecule has 3 rings (SSSR count). The lowest BCUT2D eigenvalue weighted by molar-refractivity contribution is 0.184. The van der Waals surface area contributed by atoms with Gasteiger partial charge in [0, 0.05) is 12.6 Å². The van der Waals surface area contributed by atoms with Gasteiger partial charge in [0.1, 0.15) is 0 Å². The van der Waals surface area contributed by atoms with Crippen molar-refractivity contribution in [2.24, 2.45) is 5.73 Å². The first-order valence-electron chi connectivity index (χ1n) is 6.45. The molecule has 1 unspecified atom stereocenters. The number of hydrogen-bond donors (Lipinski definition) is 1. The summed E-state index contributed by atoms with van der Waals surface area (Å²) in [4.78, 5) is 2.64. The molecule has 1 aliphatic carbocycles. The fourth-order valence-electron chi connectivity index (χ4n) is 3.31. The van der Waals surface area contributed by atoms with Crippen LogP contribution in [-0.4, -0.2) is 24.5 Å². The van der Waals surface area contributed by atoms with Crippen molar-refractivity contribution in [3.63, 3.8) is 0 Å². The molecule has 0 radical (unpaired) electrons. The number of nitrogens with two attached hydrogens (primary N) is 1. The van der Waals surface area contributed by atoms with E-state index in [4.69, 9.17) is 5.73 Å². The summed E-state index contributed by atoms with van der Waals surface area (Å²) in [5, 5.41) is 0. The summed E-state index contributed by atoms with van der Waals surface area (Å²) < 4.78 is 0. The SMILES string of the molecule is Cl.Cl.NCCCN1CCc2cccc3c2C1CC3. The second kappa shape index (κ2) is 6.76. The topological polar surface area (TPSA) is 29.3 Å². The molecule has 0 aromatic heterocycles. The Morgan fingerprint density at radius 1 is 1.17 bits per heavy atom. The summed E-state index contributed by atoms with van der Waals surface area (Å²) >= 11 is 0. The van der Waals surface area contributed by atoms with Crippen LogP contribution in [0.2, 0.25) is 0 Å². The highest BCUT2D eigenvalue weighted by Crippen LogP contribution is 2.40. The molecule has 18 heavy (non-hydrogen) atoms. The van der Waals surface area contributed by atoms with E-state index in [2.05, 4.69) is 23.1 Å². The van der Waals surface area contributed by atoms with Gasteiger partial charge in [-0.2, -0.15) is 0 Å². The third kappa shape index (κ3) is 2.67. The van der Waals surface area contributed by atoms with Crippen molar-refractivity contribution in [1.82, 2.24) is 4.90 Å². The molecular weight excluding hydrogens is 267 g/mol. The van der Waals surface area contributed by atoms with Gasteiger partial charge in [0.2, 0.25) is 0 Å². The normalized spacial score (nSPS) is 20.8. The molecule has 1 atom stereocenters. The van der Waals surface area contributed by atoms with Gasteiger partial charge in [0.05, 0.1) is 0 Å². The smallest absolute Gasteiger partial charge is 0.0356 e. The van der Waals surface area contributed by atoms with Crippen molar-refractivity contribution in [2.45, 2.75) is 31.7 Å². The fraction of sp³-hybridized carbons (Fsp3) is 0.571. The summed E-state index contributed by atoms with van der Waals surface area (Å²) in [7, 11) is 0. The second-order valence-corrected chi connectivity index (χ2v) is 4.97. The van der Waals surface area contributed by atoms with Gasteiger partial charge in [-0.05, 0) is 55.5 Å². The van der Waals surface area contributed by atoms with Gasteiger partial charge in [-0.3, -0.25) is 4.90 Å². The minimum atomic E-state index is 0. The molecule has 0 saturated carbocycles. The van der Waals surface area contributed by atoms with Crippen LogP contribution in [0.25, 0.3) is 0 Å². The van der Waals surface area contributed by atoms with E-state index in [0.717, 1.165) is 13.0 Å². The average molecular weight is 289 g/mol. The molecule has 2 aliphatic rings. The average Bonchev–Trinajstić information content (AvgIpc) is 2.75. The molecule has 1 aromatic carbocycles. The molecule has 2 N–H and O–H groups in total. The number of rotatable bonds is 3. The first-order chi connectivity index (χ1) is 7.90. The largest absolute Gasteiger partial charge is 0.330 e. The van der Waals surface area contributed by atoms with Crippen molar-refractivity contribution in [3.8, 4) is 0 Å². The van der Waals surface area contributed by atoms with Gasteiger partial charge >= 0.3 is 0 Å². The van der Waals surface area contributed by atoms with E-state index < -0.39 is 0 Å². The van der Waals surface area contributed by atoms with Crippen molar-refractivity contribution >= 4 is 24.8 Å². The van der Waals surface area contributed by atoms with Crippen molar-refractivity contribution in [2.75, 3.05) is 19.6 Å². The van der Waals surface area contributed by atoms with Gasteiger partial charge in [0.15, 0.2) is 0 Å².